The van der Waals surface area contributed by atoms with Crippen molar-refractivity contribution >= 4 is 24.3 Å². The van der Waals surface area contributed by atoms with Gasteiger partial charge in [-0.1, -0.05) is 13.8 Å². The van der Waals surface area contributed by atoms with Gasteiger partial charge < -0.3 is 30.6 Å². The van der Waals surface area contributed by atoms with Crippen LogP contribution in [0.25, 0.3) is 6.20 Å². The molecule has 0 radical (unpaired) electrons. The summed E-state index contributed by atoms with van der Waals surface area (Å²) in [6, 6.07) is -0.00585. The number of hydrogen-bond donors (Lipinski definition) is 3. The number of methoxy groups -OCH3 is 1. The van der Waals surface area contributed by atoms with E-state index < -0.39 is 23.3 Å². The number of nitrogens with one attached hydrogen (secondary N) is 2. The average molecular weight is 518 g/mol. The van der Waals surface area contributed by atoms with E-state index in [1.54, 1.807) is 12.3 Å². The van der Waals surface area contributed by atoms with Crippen molar-refractivity contribution in [1.29, 1.82) is 0 Å². The molecule has 204 valence electrons. The van der Waals surface area contributed by atoms with Gasteiger partial charge in [-0.05, 0) is 75.7 Å². The Bertz CT molecular complexity index is 1050. The molecule has 4 saturated carbocycles. The quantitative estimate of drug-likeness (QED) is 0.455. The third-order valence-corrected chi connectivity index (χ3v) is 7.62. The third kappa shape index (κ3) is 6.02. The number of rotatable bonds is 9. The summed E-state index contributed by atoms with van der Waals surface area (Å²) in [5.41, 5.74) is 4.51. The number of hydrogen-bond acceptors (Lipinski definition) is 7. The van der Waals surface area contributed by atoms with E-state index in [0.29, 0.717) is 24.0 Å². The number of carbonyl (C=O) groups is 3. The number of primary amides is 1. The molecule has 11 nitrogen and oxygen atoms in total. The molecule has 0 aromatic carbocycles. The predicted octanol–water partition coefficient (Wildman–Crippen LogP) is 3.30. The Hall–Kier alpha value is -3.24. The Labute approximate surface area is 217 Å². The summed E-state index contributed by atoms with van der Waals surface area (Å²) in [5.74, 6) is 1.29. The molecule has 37 heavy (non-hydrogen) atoms. The van der Waals surface area contributed by atoms with Crippen molar-refractivity contribution in [2.24, 2.45) is 29.4 Å². The van der Waals surface area contributed by atoms with Crippen molar-refractivity contribution in [3.8, 4) is 5.88 Å². The number of amides is 3. The van der Waals surface area contributed by atoms with Gasteiger partial charge in [0.05, 0.1) is 25.5 Å². The fraction of sp³-hybridized carbons (Fsp3) is 0.692. The highest BCUT2D eigenvalue weighted by Gasteiger charge is 2.57. The lowest BCUT2D eigenvalue weighted by molar-refractivity contribution is -0.137. The molecule has 1 aromatic heterocycles. The Kier molecular flexibility index (Phi) is 7.43. The van der Waals surface area contributed by atoms with Crippen LogP contribution in [0.2, 0.25) is 0 Å². The number of alkyl carbamates (subject to hydrolysis) is 1. The lowest BCUT2D eigenvalue weighted by Gasteiger charge is -2.58. The molecule has 3 amide bonds. The van der Waals surface area contributed by atoms with E-state index in [0.717, 1.165) is 32.1 Å². The maximum atomic E-state index is 13.5. The molecule has 4 aliphatic carbocycles. The first-order valence-corrected chi connectivity index (χ1v) is 13.0. The summed E-state index contributed by atoms with van der Waals surface area (Å²) in [4.78, 5) is 36.7. The van der Waals surface area contributed by atoms with E-state index in [1.807, 2.05) is 27.7 Å². The molecule has 4 fully saturated rings. The minimum atomic E-state index is -0.722. The van der Waals surface area contributed by atoms with Crippen LogP contribution in [-0.4, -0.2) is 58.8 Å². The molecule has 4 N–H and O–H groups in total. The highest BCUT2D eigenvalue weighted by Crippen LogP contribution is 2.57. The molecular formula is C26H39N5O6. The highest BCUT2D eigenvalue weighted by molar-refractivity contribution is 5.96. The van der Waals surface area contributed by atoms with Gasteiger partial charge in [0.25, 0.3) is 5.91 Å². The van der Waals surface area contributed by atoms with Gasteiger partial charge in [0.2, 0.25) is 5.88 Å². The first-order valence-electron chi connectivity index (χ1n) is 13.0. The lowest BCUT2D eigenvalue weighted by atomic mass is 9.52. The molecule has 0 saturated heterocycles. The van der Waals surface area contributed by atoms with Crippen LogP contribution >= 0.6 is 0 Å². The summed E-state index contributed by atoms with van der Waals surface area (Å²) < 4.78 is 17.8. The predicted molar refractivity (Wildman–Crippen MR) is 136 cm³/mol. The molecule has 2 unspecified atom stereocenters. The summed E-state index contributed by atoms with van der Waals surface area (Å²) >= 11 is 0. The van der Waals surface area contributed by atoms with Gasteiger partial charge in [-0.3, -0.25) is 4.79 Å². The number of aromatic nitrogens is 2. The highest BCUT2D eigenvalue weighted by atomic mass is 16.6. The van der Waals surface area contributed by atoms with Crippen molar-refractivity contribution in [2.75, 3.05) is 13.7 Å². The number of nitrogens with zero attached hydrogens (tertiary/aromatic N) is 2. The molecule has 2 atom stereocenters. The van der Waals surface area contributed by atoms with Gasteiger partial charge in [-0.15, -0.1) is 0 Å². The number of carbonyl (C=O) groups excluding carboxylic acids is 3. The maximum absolute atomic E-state index is 13.5. The molecular weight excluding hydrogens is 478 g/mol. The minimum absolute atomic E-state index is 0.00585. The molecule has 4 aliphatic rings. The molecule has 1 aromatic rings. The fourth-order valence-corrected chi connectivity index (χ4v) is 6.37. The van der Waals surface area contributed by atoms with Crippen LogP contribution in [-0.2, 0) is 9.47 Å². The van der Waals surface area contributed by atoms with Crippen LogP contribution in [0.5, 0.6) is 5.88 Å². The summed E-state index contributed by atoms with van der Waals surface area (Å²) in [7, 11) is 1.31. The van der Waals surface area contributed by atoms with Crippen LogP contribution in [0.3, 0.4) is 0 Å². The first-order chi connectivity index (χ1) is 17.4. The number of nitrogens with two attached hydrogens (primary N) is 1. The summed E-state index contributed by atoms with van der Waals surface area (Å²) in [6.07, 6.45) is 7.95. The molecule has 5 rings (SSSR count). The van der Waals surface area contributed by atoms with Crippen molar-refractivity contribution in [3.63, 3.8) is 0 Å². The van der Waals surface area contributed by atoms with Gasteiger partial charge >= 0.3 is 12.2 Å². The monoisotopic (exact) mass is 517 g/mol. The van der Waals surface area contributed by atoms with E-state index in [-0.39, 0.29) is 29.7 Å². The van der Waals surface area contributed by atoms with Crippen molar-refractivity contribution < 1.29 is 28.6 Å². The smallest absolute Gasteiger partial charge is 0.407 e. The van der Waals surface area contributed by atoms with Gasteiger partial charge in [-0.2, -0.15) is 5.10 Å². The zero-order valence-corrected chi connectivity index (χ0v) is 22.3. The van der Waals surface area contributed by atoms with Crippen LogP contribution in [0, 0.1) is 23.7 Å². The fourth-order valence-electron chi connectivity index (χ4n) is 6.37. The Morgan fingerprint density at radius 1 is 1.24 bits per heavy atom. The summed E-state index contributed by atoms with van der Waals surface area (Å²) in [6.45, 7) is 8.09. The second-order valence-corrected chi connectivity index (χ2v) is 11.7. The standard InChI is InChI=1S/C26H39N5O6/c1-15(2)14-36-22-19(13-28-31(22)7-6-25(3,4)30-24(34)35-5)21(32)29-20-17-8-16-9-18(20)12-26(10-16,11-17)37-23(27)33/h6-7,13,15-18,20H,8-12,14H2,1-5H3,(H2,27,33)(H,29,32)(H,30,34). The van der Waals surface area contributed by atoms with Gasteiger partial charge in [0.1, 0.15) is 11.2 Å². The zero-order valence-electron chi connectivity index (χ0n) is 22.3. The Morgan fingerprint density at radius 2 is 1.92 bits per heavy atom. The molecule has 1 heterocycles. The molecule has 11 heteroatoms. The molecule has 0 spiro atoms. The molecule has 0 aliphatic heterocycles. The van der Waals surface area contributed by atoms with Crippen molar-refractivity contribution in [2.45, 2.75) is 77.0 Å². The van der Waals surface area contributed by atoms with E-state index in [1.165, 1.54) is 18.0 Å². The van der Waals surface area contributed by atoms with E-state index in [9.17, 15) is 14.4 Å². The second kappa shape index (κ2) is 10.3. The lowest BCUT2D eigenvalue weighted by Crippen LogP contribution is -2.63. The van der Waals surface area contributed by atoms with E-state index in [2.05, 4.69) is 20.5 Å². The van der Waals surface area contributed by atoms with Gasteiger partial charge in [0, 0.05) is 12.2 Å². The van der Waals surface area contributed by atoms with Crippen LogP contribution in [0.15, 0.2) is 12.3 Å². The number of ether oxygens (including phenoxy) is 3. The van der Waals surface area contributed by atoms with Crippen LogP contribution in [0.1, 0.15) is 70.2 Å². The normalized spacial score (nSPS) is 28.4. The summed E-state index contributed by atoms with van der Waals surface area (Å²) in [5, 5.41) is 10.4. The van der Waals surface area contributed by atoms with E-state index >= 15 is 0 Å². The SMILES string of the molecule is COC(=O)NC(C)(C)C=Cn1ncc(C(=O)NC2C3CC4CC2CC(OC(N)=O)(C4)C3)c1OCC(C)C. The largest absolute Gasteiger partial charge is 0.477 e. The van der Waals surface area contributed by atoms with Crippen molar-refractivity contribution in [3.05, 3.63) is 17.8 Å². The zero-order chi connectivity index (χ0) is 27.0. The van der Waals surface area contributed by atoms with Crippen LogP contribution in [0.4, 0.5) is 9.59 Å². The van der Waals surface area contributed by atoms with Gasteiger partial charge in [-0.25, -0.2) is 14.3 Å². The topological polar surface area (TPSA) is 147 Å². The Balaban J connectivity index is 1.51. The first kappa shape index (κ1) is 26.8. The van der Waals surface area contributed by atoms with Crippen molar-refractivity contribution in [1.82, 2.24) is 20.4 Å². The third-order valence-electron chi connectivity index (χ3n) is 7.62. The van der Waals surface area contributed by atoms with Gasteiger partial charge in [0.15, 0.2) is 0 Å². The van der Waals surface area contributed by atoms with Crippen LogP contribution < -0.4 is 21.1 Å². The second-order valence-electron chi connectivity index (χ2n) is 11.7. The maximum Gasteiger partial charge on any atom is 0.407 e. The molecule has 4 bridgehead atoms. The Morgan fingerprint density at radius 3 is 2.51 bits per heavy atom. The van der Waals surface area contributed by atoms with E-state index in [4.69, 9.17) is 15.2 Å². The minimum Gasteiger partial charge on any atom is -0.477 e. The average Bonchev–Trinajstić information content (AvgIpc) is 3.20.